The van der Waals surface area contributed by atoms with Crippen molar-refractivity contribution < 1.29 is 0 Å². The zero-order chi connectivity index (χ0) is 22.8. The van der Waals surface area contributed by atoms with Crippen molar-refractivity contribution in [3.63, 3.8) is 0 Å². The number of rotatable bonds is 6. The monoisotopic (exact) mass is 449 g/mol. The molecule has 0 spiro atoms. The third-order valence-corrected chi connectivity index (χ3v) is 5.78. The second kappa shape index (κ2) is 8.88. The Hall–Kier alpha value is -3.58. The molecule has 0 fully saturated rings. The van der Waals surface area contributed by atoms with Crippen LogP contribution in [-0.2, 0) is 13.1 Å². The van der Waals surface area contributed by atoms with Crippen LogP contribution in [0.2, 0.25) is 5.15 Å². The van der Waals surface area contributed by atoms with Gasteiger partial charge in [-0.15, -0.1) is 0 Å². The third kappa shape index (κ3) is 4.24. The first kappa shape index (κ1) is 21.6. The maximum Gasteiger partial charge on any atom is 0.330 e. The summed E-state index contributed by atoms with van der Waals surface area (Å²) >= 11 is 6.48. The average molecular weight is 450 g/mol. The summed E-state index contributed by atoms with van der Waals surface area (Å²) in [5.74, 6) is 0.116. The van der Waals surface area contributed by atoms with Crippen molar-refractivity contribution in [1.29, 1.82) is 0 Å². The molecule has 3 N–H and O–H groups in total. The zero-order valence-electron chi connectivity index (χ0n) is 17.9. The van der Waals surface area contributed by atoms with Gasteiger partial charge in [0.1, 0.15) is 16.7 Å². The summed E-state index contributed by atoms with van der Waals surface area (Å²) in [7, 11) is 0. The number of hydrogen-bond donors (Lipinski definition) is 2. The molecule has 0 radical (unpaired) electrons. The lowest BCUT2D eigenvalue weighted by Gasteiger charge is -2.25. The van der Waals surface area contributed by atoms with Crippen LogP contribution in [0.3, 0.4) is 0 Å². The smallest absolute Gasteiger partial charge is 0.330 e. The van der Waals surface area contributed by atoms with Crippen LogP contribution in [0.15, 0.2) is 64.2 Å². The Morgan fingerprint density at radius 2 is 1.88 bits per heavy atom. The summed E-state index contributed by atoms with van der Waals surface area (Å²) in [6, 6.07) is 17.4. The van der Waals surface area contributed by atoms with Crippen molar-refractivity contribution in [2.75, 3.05) is 17.2 Å². The number of nitrogens with one attached hydrogen (secondary N) is 1. The number of nitrogen functional groups attached to an aromatic ring is 1. The van der Waals surface area contributed by atoms with Crippen molar-refractivity contribution >= 4 is 34.0 Å². The molecule has 2 aromatic heterocycles. The number of aromatic amines is 1. The van der Waals surface area contributed by atoms with Crippen LogP contribution >= 0.6 is 11.6 Å². The van der Waals surface area contributed by atoms with Gasteiger partial charge in [-0.2, -0.15) is 0 Å². The lowest BCUT2D eigenvalue weighted by molar-refractivity contribution is 0.718. The lowest BCUT2D eigenvalue weighted by Crippen LogP contribution is -2.38. The Labute approximate surface area is 190 Å². The first-order valence-electron chi connectivity index (χ1n) is 10.3. The fourth-order valence-corrected chi connectivity index (χ4v) is 3.97. The van der Waals surface area contributed by atoms with Gasteiger partial charge in [0.2, 0.25) is 0 Å². The molecule has 4 rings (SSSR count). The van der Waals surface area contributed by atoms with Crippen molar-refractivity contribution in [2.45, 2.75) is 26.9 Å². The number of nitrogens with zero attached hydrogens (tertiary/aromatic N) is 3. The van der Waals surface area contributed by atoms with Crippen molar-refractivity contribution in [2.24, 2.45) is 0 Å². The molecule has 0 saturated heterocycles. The molecule has 0 saturated carbocycles. The molecule has 2 heterocycles. The maximum atomic E-state index is 12.8. The lowest BCUT2D eigenvalue weighted by atomic mass is 10.1. The summed E-state index contributed by atoms with van der Waals surface area (Å²) in [6.07, 6.45) is 0. The van der Waals surface area contributed by atoms with Crippen LogP contribution in [-0.4, -0.2) is 21.1 Å². The number of anilines is 2. The number of H-pyrrole nitrogens is 1. The van der Waals surface area contributed by atoms with Crippen molar-refractivity contribution in [1.82, 2.24) is 14.5 Å². The highest BCUT2D eigenvalue weighted by atomic mass is 35.5. The van der Waals surface area contributed by atoms with E-state index in [2.05, 4.69) is 9.97 Å². The number of benzene rings is 2. The number of fused-ring (bicyclic) bond motifs is 1. The number of hydrogen-bond acceptors (Lipinski definition) is 5. The molecule has 32 heavy (non-hydrogen) atoms. The molecule has 0 aliphatic rings. The predicted molar refractivity (Wildman–Crippen MR) is 129 cm³/mol. The molecular weight excluding hydrogens is 426 g/mol. The summed E-state index contributed by atoms with van der Waals surface area (Å²) in [5.41, 5.74) is 9.11. The fraction of sp³-hybridized carbons (Fsp3) is 0.208. The normalized spacial score (nSPS) is 11.1. The molecule has 0 aliphatic carbocycles. The second-order valence-electron chi connectivity index (χ2n) is 7.71. The highest BCUT2D eigenvalue weighted by Crippen LogP contribution is 2.26. The molecule has 2 aromatic carbocycles. The highest BCUT2D eigenvalue weighted by Gasteiger charge is 2.20. The number of pyridine rings is 1. The Kier molecular flexibility index (Phi) is 6.01. The summed E-state index contributed by atoms with van der Waals surface area (Å²) < 4.78 is 1.37. The highest BCUT2D eigenvalue weighted by molar-refractivity contribution is 6.30. The molecule has 0 unspecified atom stereocenters. The summed E-state index contributed by atoms with van der Waals surface area (Å²) in [6.45, 7) is 4.98. The average Bonchev–Trinajstić information content (AvgIpc) is 2.77. The van der Waals surface area contributed by atoms with E-state index in [1.807, 2.05) is 68.4 Å². The maximum absolute atomic E-state index is 12.8. The van der Waals surface area contributed by atoms with E-state index in [-0.39, 0.29) is 18.1 Å². The van der Waals surface area contributed by atoms with E-state index < -0.39 is 11.2 Å². The van der Waals surface area contributed by atoms with Gasteiger partial charge >= 0.3 is 5.69 Å². The minimum Gasteiger partial charge on any atom is -0.383 e. The van der Waals surface area contributed by atoms with Crippen molar-refractivity contribution in [3.05, 3.63) is 97.3 Å². The van der Waals surface area contributed by atoms with Gasteiger partial charge in [0.15, 0.2) is 0 Å². The second-order valence-corrected chi connectivity index (χ2v) is 8.07. The van der Waals surface area contributed by atoms with Crippen LogP contribution in [0.1, 0.15) is 23.6 Å². The van der Waals surface area contributed by atoms with Crippen LogP contribution < -0.4 is 21.9 Å². The van der Waals surface area contributed by atoms with E-state index in [9.17, 15) is 9.59 Å². The number of halogens is 1. The van der Waals surface area contributed by atoms with E-state index in [0.717, 1.165) is 27.6 Å². The van der Waals surface area contributed by atoms with Gasteiger partial charge in [0.05, 0.1) is 12.1 Å². The predicted octanol–water partition coefficient (Wildman–Crippen LogP) is 3.70. The minimum absolute atomic E-state index is 0.116. The Morgan fingerprint density at radius 1 is 1.12 bits per heavy atom. The Bertz CT molecular complexity index is 1400. The fourth-order valence-electron chi connectivity index (χ4n) is 3.77. The van der Waals surface area contributed by atoms with Crippen LogP contribution in [0.25, 0.3) is 10.9 Å². The molecule has 0 aliphatic heterocycles. The van der Waals surface area contributed by atoms with Crippen LogP contribution in [0.5, 0.6) is 0 Å². The van der Waals surface area contributed by atoms with E-state index >= 15 is 0 Å². The molecule has 4 aromatic rings. The quantitative estimate of drug-likeness (QED) is 0.437. The molecular formula is C24H24ClN5O2. The Balaban J connectivity index is 1.75. The largest absolute Gasteiger partial charge is 0.383 e. The van der Waals surface area contributed by atoms with Gasteiger partial charge in [-0.1, -0.05) is 54.1 Å². The van der Waals surface area contributed by atoms with Gasteiger partial charge in [0, 0.05) is 24.0 Å². The molecule has 164 valence electrons. The van der Waals surface area contributed by atoms with Gasteiger partial charge in [0.25, 0.3) is 5.56 Å². The standard InChI is InChI=1S/C24H24ClN5O2/c1-3-29(14-18-12-17-10-9-15(2)11-19(17)27-21(18)25)20-22(26)30(24(32)28-23(20)31)13-16-7-5-4-6-8-16/h4-12H,3,13-14,26H2,1-2H3,(H,28,31,32). The van der Waals surface area contributed by atoms with Crippen molar-refractivity contribution in [3.8, 4) is 0 Å². The molecule has 0 amide bonds. The number of aromatic nitrogens is 3. The summed E-state index contributed by atoms with van der Waals surface area (Å²) in [5, 5.41) is 1.33. The van der Waals surface area contributed by atoms with Gasteiger partial charge in [-0.3, -0.25) is 14.3 Å². The van der Waals surface area contributed by atoms with E-state index in [1.165, 1.54) is 4.57 Å². The van der Waals surface area contributed by atoms with E-state index in [4.69, 9.17) is 17.3 Å². The first-order chi connectivity index (χ1) is 15.4. The minimum atomic E-state index is -0.545. The molecule has 7 nitrogen and oxygen atoms in total. The zero-order valence-corrected chi connectivity index (χ0v) is 18.7. The Morgan fingerprint density at radius 3 is 2.59 bits per heavy atom. The molecule has 8 heteroatoms. The molecule has 0 atom stereocenters. The van der Waals surface area contributed by atoms with Gasteiger partial charge in [-0.25, -0.2) is 9.78 Å². The van der Waals surface area contributed by atoms with Gasteiger partial charge < -0.3 is 10.6 Å². The number of nitrogens with two attached hydrogens (primary N) is 1. The number of aryl methyl sites for hydroxylation is 1. The molecule has 0 bridgehead atoms. The van der Waals surface area contributed by atoms with Crippen LogP contribution in [0, 0.1) is 6.92 Å². The first-order valence-corrected chi connectivity index (χ1v) is 10.7. The van der Waals surface area contributed by atoms with E-state index in [1.54, 1.807) is 4.90 Å². The summed E-state index contributed by atoms with van der Waals surface area (Å²) in [4.78, 5) is 34.0. The topological polar surface area (TPSA) is 97.0 Å². The van der Waals surface area contributed by atoms with E-state index in [0.29, 0.717) is 18.2 Å². The van der Waals surface area contributed by atoms with Gasteiger partial charge in [-0.05, 0) is 37.1 Å². The SMILES string of the molecule is CCN(Cc1cc2ccc(C)cc2nc1Cl)c1c(N)n(Cc2ccccc2)c(=O)[nH]c1=O. The third-order valence-electron chi connectivity index (χ3n) is 5.46. The van der Waals surface area contributed by atoms with Crippen LogP contribution in [0.4, 0.5) is 11.5 Å².